The van der Waals surface area contributed by atoms with Crippen molar-refractivity contribution in [3.63, 3.8) is 0 Å². The van der Waals surface area contributed by atoms with Gasteiger partial charge in [0.25, 0.3) is 5.91 Å². The van der Waals surface area contributed by atoms with E-state index in [-0.39, 0.29) is 5.91 Å². The predicted octanol–water partition coefficient (Wildman–Crippen LogP) is 3.51. The summed E-state index contributed by atoms with van der Waals surface area (Å²) >= 11 is 0. The van der Waals surface area contributed by atoms with Crippen molar-refractivity contribution in [1.82, 2.24) is 15.7 Å². The minimum atomic E-state index is -0.485. The molecule has 0 bridgehead atoms. The highest BCUT2D eigenvalue weighted by Crippen LogP contribution is 2.40. The minimum absolute atomic E-state index is 0.231. The Balaban J connectivity index is 1.10. The largest absolute Gasteiger partial charge is 0.342 e. The number of hydrogen-bond donors (Lipinski definition) is 3. The molecule has 2 aromatic carbocycles. The third-order valence-corrected chi connectivity index (χ3v) is 6.90. The maximum Gasteiger partial charge on any atom is 0.274 e. The van der Waals surface area contributed by atoms with Crippen LogP contribution in [0.4, 0.5) is 0 Å². The Labute approximate surface area is 190 Å². The van der Waals surface area contributed by atoms with Gasteiger partial charge in [0.2, 0.25) is 5.91 Å². The molecule has 2 fully saturated rings. The number of hydrogen-bond acceptors (Lipinski definition) is 4. The molecule has 1 aliphatic carbocycles. The number of likely N-dealkylation sites (tertiary alicyclic amines) is 1. The molecule has 32 heavy (non-hydrogen) atoms. The highest BCUT2D eigenvalue weighted by molar-refractivity contribution is 5.93. The van der Waals surface area contributed by atoms with Gasteiger partial charge in [0.05, 0.1) is 6.54 Å². The van der Waals surface area contributed by atoms with Gasteiger partial charge in [-0.05, 0) is 67.7 Å². The van der Waals surface area contributed by atoms with E-state index in [0.717, 1.165) is 45.2 Å². The zero-order chi connectivity index (χ0) is 22.3. The molecule has 1 saturated carbocycles. The SMILES string of the molecule is O=C(NO)c1ccc(CCCC2CCN(C(=O)CNC3CC3c3ccccc3)CC2)cc1. The molecule has 170 valence electrons. The molecule has 1 saturated heterocycles. The molecule has 2 aliphatic rings. The smallest absolute Gasteiger partial charge is 0.274 e. The summed E-state index contributed by atoms with van der Waals surface area (Å²) in [5.74, 6) is 0.977. The van der Waals surface area contributed by atoms with Gasteiger partial charge in [-0.1, -0.05) is 42.5 Å². The van der Waals surface area contributed by atoms with Crippen LogP contribution in [0.5, 0.6) is 0 Å². The van der Waals surface area contributed by atoms with Gasteiger partial charge in [-0.25, -0.2) is 5.48 Å². The van der Waals surface area contributed by atoms with Crippen molar-refractivity contribution in [2.24, 2.45) is 5.92 Å². The number of nitrogens with one attached hydrogen (secondary N) is 2. The van der Waals surface area contributed by atoms with Gasteiger partial charge >= 0.3 is 0 Å². The zero-order valence-corrected chi connectivity index (χ0v) is 18.5. The third kappa shape index (κ3) is 5.96. The van der Waals surface area contributed by atoms with E-state index in [2.05, 4.69) is 29.6 Å². The fourth-order valence-corrected chi connectivity index (χ4v) is 4.77. The van der Waals surface area contributed by atoms with Crippen LogP contribution in [-0.2, 0) is 11.2 Å². The van der Waals surface area contributed by atoms with Crippen LogP contribution in [-0.4, -0.2) is 47.6 Å². The summed E-state index contributed by atoms with van der Waals surface area (Å²) < 4.78 is 0. The minimum Gasteiger partial charge on any atom is -0.342 e. The molecule has 4 rings (SSSR count). The number of carbonyl (C=O) groups excluding carboxylic acids is 2. The van der Waals surface area contributed by atoms with Crippen molar-refractivity contribution in [3.8, 4) is 0 Å². The Morgan fingerprint density at radius 2 is 1.72 bits per heavy atom. The van der Waals surface area contributed by atoms with Crippen molar-refractivity contribution < 1.29 is 14.8 Å². The van der Waals surface area contributed by atoms with Crippen molar-refractivity contribution in [2.75, 3.05) is 19.6 Å². The van der Waals surface area contributed by atoms with Gasteiger partial charge in [-0.2, -0.15) is 0 Å². The lowest BCUT2D eigenvalue weighted by molar-refractivity contribution is -0.131. The van der Waals surface area contributed by atoms with Gasteiger partial charge in [-0.15, -0.1) is 0 Å². The second-order valence-corrected chi connectivity index (χ2v) is 9.09. The van der Waals surface area contributed by atoms with Gasteiger partial charge < -0.3 is 10.2 Å². The van der Waals surface area contributed by atoms with Crippen molar-refractivity contribution in [1.29, 1.82) is 0 Å². The Morgan fingerprint density at radius 1 is 1.00 bits per heavy atom. The average molecular weight is 436 g/mol. The first-order chi connectivity index (χ1) is 15.6. The number of aryl methyl sites for hydroxylation is 1. The first-order valence-electron chi connectivity index (χ1n) is 11.7. The number of benzene rings is 2. The van der Waals surface area contributed by atoms with Crippen LogP contribution in [0.25, 0.3) is 0 Å². The van der Waals surface area contributed by atoms with Crippen LogP contribution in [0.15, 0.2) is 54.6 Å². The van der Waals surface area contributed by atoms with Gasteiger partial charge in [0, 0.05) is 30.6 Å². The van der Waals surface area contributed by atoms with Crippen LogP contribution in [0.2, 0.25) is 0 Å². The first kappa shape index (κ1) is 22.5. The van der Waals surface area contributed by atoms with E-state index in [4.69, 9.17) is 5.21 Å². The highest BCUT2D eigenvalue weighted by atomic mass is 16.5. The maximum absolute atomic E-state index is 12.6. The summed E-state index contributed by atoms with van der Waals surface area (Å²) in [6.45, 7) is 2.18. The Bertz CT molecular complexity index is 892. The molecule has 3 N–H and O–H groups in total. The molecule has 0 radical (unpaired) electrons. The average Bonchev–Trinajstić information content (AvgIpc) is 3.63. The Kier molecular flexibility index (Phi) is 7.55. The lowest BCUT2D eigenvalue weighted by Gasteiger charge is -2.32. The lowest BCUT2D eigenvalue weighted by atomic mass is 9.90. The number of amides is 2. The summed E-state index contributed by atoms with van der Waals surface area (Å²) in [7, 11) is 0. The molecule has 6 nitrogen and oxygen atoms in total. The number of piperidine rings is 1. The summed E-state index contributed by atoms with van der Waals surface area (Å²) in [6.07, 6.45) is 6.54. The molecule has 2 atom stereocenters. The van der Waals surface area contributed by atoms with E-state index < -0.39 is 5.91 Å². The van der Waals surface area contributed by atoms with Crippen LogP contribution in [0, 0.1) is 5.92 Å². The van der Waals surface area contributed by atoms with Gasteiger partial charge in [0.15, 0.2) is 0 Å². The first-order valence-corrected chi connectivity index (χ1v) is 11.7. The molecule has 1 aliphatic heterocycles. The summed E-state index contributed by atoms with van der Waals surface area (Å²) in [5.41, 5.74) is 4.68. The Morgan fingerprint density at radius 3 is 2.41 bits per heavy atom. The van der Waals surface area contributed by atoms with Crippen molar-refractivity contribution >= 4 is 11.8 Å². The zero-order valence-electron chi connectivity index (χ0n) is 18.5. The van der Waals surface area contributed by atoms with Gasteiger partial charge in [0.1, 0.15) is 0 Å². The molecule has 0 spiro atoms. The number of rotatable bonds is 9. The fraction of sp³-hybridized carbons (Fsp3) is 0.462. The lowest BCUT2D eigenvalue weighted by Crippen LogP contribution is -2.43. The van der Waals surface area contributed by atoms with Crippen LogP contribution in [0.1, 0.15) is 59.5 Å². The summed E-state index contributed by atoms with van der Waals surface area (Å²) in [4.78, 5) is 26.0. The molecule has 0 aromatic heterocycles. The normalized spacial score (nSPS) is 20.7. The summed E-state index contributed by atoms with van der Waals surface area (Å²) in [5, 5.41) is 12.1. The second-order valence-electron chi connectivity index (χ2n) is 9.09. The van der Waals surface area contributed by atoms with E-state index in [0.29, 0.717) is 30.0 Å². The highest BCUT2D eigenvalue weighted by Gasteiger charge is 2.38. The standard InChI is InChI=1S/C26H33N3O3/c30-25(18-27-24-17-23(24)21-7-2-1-3-8-21)29-15-13-20(14-16-29)6-4-5-19-9-11-22(12-10-19)26(31)28-32/h1-3,7-12,20,23-24,27,32H,4-6,13-18H2,(H,28,31). The molecule has 1 heterocycles. The van der Waals surface area contributed by atoms with E-state index in [1.165, 1.54) is 17.5 Å². The van der Waals surface area contributed by atoms with Gasteiger partial charge in [-0.3, -0.25) is 14.8 Å². The monoisotopic (exact) mass is 435 g/mol. The van der Waals surface area contributed by atoms with E-state index >= 15 is 0 Å². The molecule has 2 unspecified atom stereocenters. The van der Waals surface area contributed by atoms with E-state index in [9.17, 15) is 9.59 Å². The number of nitrogens with zero attached hydrogens (tertiary/aromatic N) is 1. The van der Waals surface area contributed by atoms with Crippen LogP contribution >= 0.6 is 0 Å². The summed E-state index contributed by atoms with van der Waals surface area (Å²) in [6, 6.07) is 18.3. The van der Waals surface area contributed by atoms with Crippen LogP contribution in [0.3, 0.4) is 0 Å². The van der Waals surface area contributed by atoms with E-state index in [1.54, 1.807) is 17.6 Å². The molecular formula is C26H33N3O3. The predicted molar refractivity (Wildman–Crippen MR) is 124 cm³/mol. The molecular weight excluding hydrogens is 402 g/mol. The fourth-order valence-electron chi connectivity index (χ4n) is 4.77. The Hall–Kier alpha value is -2.70. The quantitative estimate of drug-likeness (QED) is 0.416. The maximum atomic E-state index is 12.6. The number of carbonyl (C=O) groups is 2. The number of hydroxylamine groups is 1. The van der Waals surface area contributed by atoms with Crippen LogP contribution < -0.4 is 10.8 Å². The second kappa shape index (κ2) is 10.7. The molecule has 2 aromatic rings. The van der Waals surface area contributed by atoms with Crippen molar-refractivity contribution in [3.05, 3.63) is 71.3 Å². The molecule has 6 heteroatoms. The molecule has 2 amide bonds. The van der Waals surface area contributed by atoms with E-state index in [1.807, 2.05) is 23.1 Å². The third-order valence-electron chi connectivity index (χ3n) is 6.90. The topological polar surface area (TPSA) is 81.7 Å². The van der Waals surface area contributed by atoms with Crippen molar-refractivity contribution in [2.45, 2.75) is 50.5 Å².